The van der Waals surface area contributed by atoms with Crippen LogP contribution in [0.4, 0.5) is 0 Å². The van der Waals surface area contributed by atoms with Crippen molar-refractivity contribution in [1.82, 2.24) is 5.32 Å². The number of carbonyl (C=O) groups is 2. The van der Waals surface area contributed by atoms with Crippen LogP contribution >= 0.6 is 0 Å². The molecule has 4 heteroatoms. The predicted molar refractivity (Wildman–Crippen MR) is 65.5 cm³/mol. The molecule has 2 N–H and O–H groups in total. The summed E-state index contributed by atoms with van der Waals surface area (Å²) in [6, 6.07) is 0. The minimum atomic E-state index is -0.770. The van der Waals surface area contributed by atoms with Crippen molar-refractivity contribution in [3.8, 4) is 0 Å². The van der Waals surface area contributed by atoms with E-state index in [-0.39, 0.29) is 17.7 Å². The SMILES string of the molecule is CC(CCCNC(=O)C1CC=CCC1)C(=O)O. The number of hydrogen-bond donors (Lipinski definition) is 2. The van der Waals surface area contributed by atoms with Gasteiger partial charge in [0.2, 0.25) is 5.91 Å². The first-order chi connectivity index (χ1) is 8.11. The molecule has 2 atom stereocenters. The quantitative estimate of drug-likeness (QED) is 0.550. The van der Waals surface area contributed by atoms with Crippen molar-refractivity contribution < 1.29 is 14.7 Å². The van der Waals surface area contributed by atoms with Gasteiger partial charge in [-0.2, -0.15) is 0 Å². The molecule has 96 valence electrons. The average molecular weight is 239 g/mol. The number of allylic oxidation sites excluding steroid dienone is 2. The maximum atomic E-state index is 11.7. The van der Waals surface area contributed by atoms with E-state index in [4.69, 9.17) is 5.11 Å². The normalized spacial score (nSPS) is 20.9. The molecule has 2 unspecified atom stereocenters. The maximum Gasteiger partial charge on any atom is 0.306 e. The first-order valence-electron chi connectivity index (χ1n) is 6.26. The third-order valence-electron chi connectivity index (χ3n) is 3.17. The van der Waals surface area contributed by atoms with E-state index in [1.54, 1.807) is 6.92 Å². The number of aliphatic carboxylic acids is 1. The van der Waals surface area contributed by atoms with Gasteiger partial charge in [0.15, 0.2) is 0 Å². The molecule has 0 aromatic carbocycles. The van der Waals surface area contributed by atoms with E-state index < -0.39 is 5.97 Å². The number of carbonyl (C=O) groups excluding carboxylic acids is 1. The fraction of sp³-hybridized carbons (Fsp3) is 0.692. The van der Waals surface area contributed by atoms with E-state index >= 15 is 0 Å². The van der Waals surface area contributed by atoms with E-state index in [1.165, 1.54) is 0 Å². The summed E-state index contributed by atoms with van der Waals surface area (Å²) in [5.74, 6) is -0.882. The summed E-state index contributed by atoms with van der Waals surface area (Å²) in [5, 5.41) is 11.6. The molecule has 0 radical (unpaired) electrons. The molecule has 4 nitrogen and oxygen atoms in total. The van der Waals surface area contributed by atoms with Crippen molar-refractivity contribution >= 4 is 11.9 Å². The van der Waals surface area contributed by atoms with Crippen molar-refractivity contribution in [1.29, 1.82) is 0 Å². The topological polar surface area (TPSA) is 66.4 Å². The van der Waals surface area contributed by atoms with Crippen LogP contribution in [-0.2, 0) is 9.59 Å². The summed E-state index contributed by atoms with van der Waals surface area (Å²) in [5.41, 5.74) is 0. The zero-order valence-corrected chi connectivity index (χ0v) is 10.3. The maximum absolute atomic E-state index is 11.7. The van der Waals surface area contributed by atoms with Crippen molar-refractivity contribution in [2.24, 2.45) is 11.8 Å². The molecule has 17 heavy (non-hydrogen) atoms. The van der Waals surface area contributed by atoms with Crippen LogP contribution in [0.5, 0.6) is 0 Å². The Labute approximate surface area is 102 Å². The number of nitrogens with one attached hydrogen (secondary N) is 1. The molecule has 0 saturated carbocycles. The Morgan fingerprint density at radius 2 is 2.24 bits per heavy atom. The molecule has 0 saturated heterocycles. The van der Waals surface area contributed by atoms with Gasteiger partial charge in [0.1, 0.15) is 0 Å². The van der Waals surface area contributed by atoms with Crippen molar-refractivity contribution in [2.45, 2.75) is 39.0 Å². The van der Waals surface area contributed by atoms with Gasteiger partial charge in [-0.15, -0.1) is 0 Å². The first kappa shape index (κ1) is 13.7. The van der Waals surface area contributed by atoms with Gasteiger partial charge in [0.05, 0.1) is 5.92 Å². The Hall–Kier alpha value is -1.32. The van der Waals surface area contributed by atoms with Crippen LogP contribution < -0.4 is 5.32 Å². The summed E-state index contributed by atoms with van der Waals surface area (Å²) >= 11 is 0. The number of rotatable bonds is 6. The number of amides is 1. The Morgan fingerprint density at radius 1 is 1.47 bits per heavy atom. The van der Waals surface area contributed by atoms with Gasteiger partial charge in [-0.1, -0.05) is 19.1 Å². The molecule has 0 aliphatic heterocycles. The van der Waals surface area contributed by atoms with Gasteiger partial charge in [0.25, 0.3) is 0 Å². The highest BCUT2D eigenvalue weighted by molar-refractivity contribution is 5.78. The second-order valence-corrected chi connectivity index (χ2v) is 4.65. The molecule has 0 fully saturated rings. The van der Waals surface area contributed by atoms with Crippen molar-refractivity contribution in [2.75, 3.05) is 6.54 Å². The van der Waals surface area contributed by atoms with Gasteiger partial charge in [0, 0.05) is 12.5 Å². The summed E-state index contributed by atoms with van der Waals surface area (Å²) < 4.78 is 0. The standard InChI is InChI=1S/C13H21NO3/c1-10(13(16)17)6-5-9-14-12(15)11-7-3-2-4-8-11/h2-3,10-11H,4-9H2,1H3,(H,14,15)(H,16,17). The van der Waals surface area contributed by atoms with E-state index in [9.17, 15) is 9.59 Å². The fourth-order valence-corrected chi connectivity index (χ4v) is 1.92. The molecule has 1 aliphatic carbocycles. The molecule has 0 aromatic rings. The van der Waals surface area contributed by atoms with Crippen LogP contribution in [0.2, 0.25) is 0 Å². The van der Waals surface area contributed by atoms with Crippen LogP contribution in [0, 0.1) is 11.8 Å². The summed E-state index contributed by atoms with van der Waals surface area (Å²) in [7, 11) is 0. The van der Waals surface area contributed by atoms with Crippen LogP contribution in [0.25, 0.3) is 0 Å². The number of carboxylic acids is 1. The largest absolute Gasteiger partial charge is 0.481 e. The molecule has 0 spiro atoms. The van der Waals surface area contributed by atoms with Gasteiger partial charge >= 0.3 is 5.97 Å². The van der Waals surface area contributed by atoms with Crippen LogP contribution in [0.15, 0.2) is 12.2 Å². The second kappa shape index (κ2) is 7.09. The van der Waals surface area contributed by atoms with Gasteiger partial charge in [-0.25, -0.2) is 0 Å². The zero-order chi connectivity index (χ0) is 12.7. The minimum absolute atomic E-state index is 0.108. The monoisotopic (exact) mass is 239 g/mol. The lowest BCUT2D eigenvalue weighted by molar-refractivity contribution is -0.141. The summed E-state index contributed by atoms with van der Waals surface area (Å²) in [6.45, 7) is 2.27. The Morgan fingerprint density at radius 3 is 2.82 bits per heavy atom. The summed E-state index contributed by atoms with van der Waals surface area (Å²) in [4.78, 5) is 22.3. The van der Waals surface area contributed by atoms with Gasteiger partial charge in [-0.3, -0.25) is 9.59 Å². The van der Waals surface area contributed by atoms with E-state index in [0.717, 1.165) is 25.7 Å². The van der Waals surface area contributed by atoms with E-state index in [0.29, 0.717) is 13.0 Å². The highest BCUT2D eigenvalue weighted by Gasteiger charge is 2.18. The molecular formula is C13H21NO3. The van der Waals surface area contributed by atoms with Crippen LogP contribution in [-0.4, -0.2) is 23.5 Å². The van der Waals surface area contributed by atoms with E-state index in [1.807, 2.05) is 0 Å². The number of hydrogen-bond acceptors (Lipinski definition) is 2. The second-order valence-electron chi connectivity index (χ2n) is 4.65. The lowest BCUT2D eigenvalue weighted by atomic mass is 9.93. The lowest BCUT2D eigenvalue weighted by Gasteiger charge is -2.17. The van der Waals surface area contributed by atoms with Crippen LogP contribution in [0.1, 0.15) is 39.0 Å². The zero-order valence-electron chi connectivity index (χ0n) is 10.3. The Balaban J connectivity index is 2.12. The lowest BCUT2D eigenvalue weighted by Crippen LogP contribution is -2.32. The third kappa shape index (κ3) is 5.02. The number of carboxylic acid groups (broad SMARTS) is 1. The summed E-state index contributed by atoms with van der Waals surface area (Å²) in [6.07, 6.45) is 8.24. The van der Waals surface area contributed by atoms with Crippen molar-refractivity contribution in [3.63, 3.8) is 0 Å². The molecule has 1 aliphatic rings. The fourth-order valence-electron chi connectivity index (χ4n) is 1.92. The van der Waals surface area contributed by atoms with Gasteiger partial charge in [-0.05, 0) is 32.1 Å². The Bertz CT molecular complexity index is 299. The molecule has 1 rings (SSSR count). The molecule has 0 aromatic heterocycles. The van der Waals surface area contributed by atoms with Crippen molar-refractivity contribution in [3.05, 3.63) is 12.2 Å². The average Bonchev–Trinajstić information content (AvgIpc) is 2.35. The first-order valence-corrected chi connectivity index (χ1v) is 6.26. The predicted octanol–water partition coefficient (Wildman–Crippen LogP) is 1.96. The molecule has 1 amide bonds. The Kier molecular flexibility index (Phi) is 5.73. The van der Waals surface area contributed by atoms with Crippen LogP contribution in [0.3, 0.4) is 0 Å². The van der Waals surface area contributed by atoms with Gasteiger partial charge < -0.3 is 10.4 Å². The minimum Gasteiger partial charge on any atom is -0.481 e. The smallest absolute Gasteiger partial charge is 0.306 e. The van der Waals surface area contributed by atoms with E-state index in [2.05, 4.69) is 17.5 Å². The molecule has 0 heterocycles. The molecular weight excluding hydrogens is 218 g/mol. The molecule has 0 bridgehead atoms. The highest BCUT2D eigenvalue weighted by atomic mass is 16.4. The highest BCUT2D eigenvalue weighted by Crippen LogP contribution is 2.17. The third-order valence-corrected chi connectivity index (χ3v) is 3.17.